The highest BCUT2D eigenvalue weighted by Crippen LogP contribution is 2.20. The Bertz CT molecular complexity index is 872. The van der Waals surface area contributed by atoms with Gasteiger partial charge in [0.05, 0.1) is 6.20 Å². The molecule has 0 bridgehead atoms. The van der Waals surface area contributed by atoms with Crippen LogP contribution in [-0.4, -0.2) is 23.4 Å². The molecule has 1 N–H and O–H groups in total. The molecule has 0 aliphatic heterocycles. The summed E-state index contributed by atoms with van der Waals surface area (Å²) >= 11 is 3.09. The van der Waals surface area contributed by atoms with Crippen LogP contribution in [0.4, 0.5) is 0 Å². The summed E-state index contributed by atoms with van der Waals surface area (Å²) in [6.45, 7) is -0.406. The summed E-state index contributed by atoms with van der Waals surface area (Å²) in [6.07, 6.45) is 1.56. The quantitative estimate of drug-likeness (QED) is 0.634. The van der Waals surface area contributed by atoms with Crippen molar-refractivity contribution in [2.45, 2.75) is 6.61 Å². The predicted molar refractivity (Wildman–Crippen MR) is 90.5 cm³/mol. The number of rotatable bonds is 6. The SMILES string of the molecule is O=C(CNC(=O)c1ccc(Br)o1)OCc1ncc(-c2ccccc2)o1. The molecule has 1 aromatic carbocycles. The van der Waals surface area contributed by atoms with E-state index in [0.29, 0.717) is 10.4 Å². The van der Waals surface area contributed by atoms with Crippen LogP contribution in [0.15, 0.2) is 62.2 Å². The first-order valence-corrected chi connectivity index (χ1v) is 8.10. The van der Waals surface area contributed by atoms with E-state index in [1.54, 1.807) is 12.3 Å². The fraction of sp³-hybridized carbons (Fsp3) is 0.118. The van der Waals surface area contributed by atoms with Crippen LogP contribution in [0.2, 0.25) is 0 Å². The zero-order valence-electron chi connectivity index (χ0n) is 12.9. The Hall–Kier alpha value is -2.87. The van der Waals surface area contributed by atoms with Gasteiger partial charge in [0.15, 0.2) is 22.8 Å². The molecule has 2 heterocycles. The minimum absolute atomic E-state index is 0.0971. The average Bonchev–Trinajstić information content (AvgIpc) is 3.28. The number of nitrogens with zero attached hydrogens (tertiary/aromatic N) is 1. The van der Waals surface area contributed by atoms with Gasteiger partial charge in [0.25, 0.3) is 5.91 Å². The Morgan fingerprint density at radius 1 is 1.12 bits per heavy atom. The topological polar surface area (TPSA) is 94.6 Å². The summed E-state index contributed by atoms with van der Waals surface area (Å²) < 4.78 is 16.0. The lowest BCUT2D eigenvalue weighted by Crippen LogP contribution is -2.30. The van der Waals surface area contributed by atoms with E-state index in [-0.39, 0.29) is 24.8 Å². The van der Waals surface area contributed by atoms with Crippen LogP contribution >= 0.6 is 15.9 Å². The van der Waals surface area contributed by atoms with Gasteiger partial charge in [-0.1, -0.05) is 30.3 Å². The van der Waals surface area contributed by atoms with Gasteiger partial charge in [-0.15, -0.1) is 0 Å². The van der Waals surface area contributed by atoms with Crippen molar-refractivity contribution < 1.29 is 23.2 Å². The van der Waals surface area contributed by atoms with E-state index in [1.165, 1.54) is 6.07 Å². The van der Waals surface area contributed by atoms with Crippen LogP contribution in [0.1, 0.15) is 16.4 Å². The number of amides is 1. The molecule has 0 unspecified atom stereocenters. The zero-order chi connectivity index (χ0) is 17.6. The van der Waals surface area contributed by atoms with E-state index >= 15 is 0 Å². The van der Waals surface area contributed by atoms with E-state index in [1.807, 2.05) is 30.3 Å². The van der Waals surface area contributed by atoms with Crippen molar-refractivity contribution >= 4 is 27.8 Å². The Balaban J connectivity index is 1.46. The first-order chi connectivity index (χ1) is 12.1. The summed E-state index contributed by atoms with van der Waals surface area (Å²) in [5.74, 6) is -0.166. The van der Waals surface area contributed by atoms with Gasteiger partial charge in [-0.3, -0.25) is 9.59 Å². The molecule has 0 atom stereocenters. The summed E-state index contributed by atoms with van der Waals surface area (Å²) in [7, 11) is 0. The molecular formula is C17H13BrN2O5. The number of oxazole rings is 1. The summed E-state index contributed by atoms with van der Waals surface area (Å²) in [5, 5.41) is 2.40. The van der Waals surface area contributed by atoms with Gasteiger partial charge >= 0.3 is 5.97 Å². The maximum atomic E-state index is 11.7. The van der Waals surface area contributed by atoms with Crippen LogP contribution in [0.5, 0.6) is 0 Å². The molecule has 0 radical (unpaired) electrons. The molecule has 128 valence electrons. The third-order valence-corrected chi connectivity index (χ3v) is 3.58. The van der Waals surface area contributed by atoms with E-state index < -0.39 is 11.9 Å². The predicted octanol–water partition coefficient (Wildman–Crippen LogP) is 3.17. The minimum Gasteiger partial charge on any atom is -0.454 e. The number of halogens is 1. The Labute approximate surface area is 151 Å². The highest BCUT2D eigenvalue weighted by atomic mass is 79.9. The lowest BCUT2D eigenvalue weighted by molar-refractivity contribution is -0.144. The number of benzene rings is 1. The van der Waals surface area contributed by atoms with Gasteiger partial charge in [-0.2, -0.15) is 0 Å². The van der Waals surface area contributed by atoms with Crippen LogP contribution in [0, 0.1) is 0 Å². The maximum Gasteiger partial charge on any atom is 0.325 e. The number of carbonyl (C=O) groups excluding carboxylic acids is 2. The van der Waals surface area contributed by atoms with Crippen molar-refractivity contribution in [2.75, 3.05) is 6.54 Å². The molecule has 1 amide bonds. The standard InChI is InChI=1S/C17H13BrN2O5/c18-14-7-6-12(24-14)17(22)20-9-16(21)23-10-15-19-8-13(25-15)11-4-2-1-3-5-11/h1-8H,9-10H2,(H,20,22). The first kappa shape index (κ1) is 17.0. The van der Waals surface area contributed by atoms with Crippen molar-refractivity contribution in [1.82, 2.24) is 10.3 Å². The second-order valence-electron chi connectivity index (χ2n) is 4.93. The second-order valence-corrected chi connectivity index (χ2v) is 5.71. The van der Waals surface area contributed by atoms with Crippen molar-refractivity contribution in [3.8, 4) is 11.3 Å². The molecule has 0 fully saturated rings. The number of furan rings is 1. The smallest absolute Gasteiger partial charge is 0.325 e. The van der Waals surface area contributed by atoms with Gasteiger partial charge in [0.2, 0.25) is 5.89 Å². The molecule has 8 heteroatoms. The molecule has 0 saturated carbocycles. The number of esters is 1. The number of aromatic nitrogens is 1. The fourth-order valence-electron chi connectivity index (χ4n) is 1.98. The third-order valence-electron chi connectivity index (χ3n) is 3.16. The monoisotopic (exact) mass is 404 g/mol. The minimum atomic E-state index is -0.613. The fourth-order valence-corrected chi connectivity index (χ4v) is 2.29. The number of carbonyl (C=O) groups is 2. The van der Waals surface area contributed by atoms with Crippen LogP contribution in [0.3, 0.4) is 0 Å². The van der Waals surface area contributed by atoms with Gasteiger partial charge in [-0.25, -0.2) is 4.98 Å². The number of ether oxygens (including phenoxy) is 1. The lowest BCUT2D eigenvalue weighted by Gasteiger charge is -2.03. The van der Waals surface area contributed by atoms with Crippen LogP contribution in [0.25, 0.3) is 11.3 Å². The van der Waals surface area contributed by atoms with Crippen molar-refractivity contribution in [1.29, 1.82) is 0 Å². The summed E-state index contributed by atoms with van der Waals surface area (Å²) in [6, 6.07) is 12.5. The van der Waals surface area contributed by atoms with E-state index in [9.17, 15) is 9.59 Å². The molecule has 0 saturated heterocycles. The van der Waals surface area contributed by atoms with Crippen LogP contribution < -0.4 is 5.32 Å². The molecule has 7 nitrogen and oxygen atoms in total. The lowest BCUT2D eigenvalue weighted by atomic mass is 10.2. The third kappa shape index (κ3) is 4.57. The highest BCUT2D eigenvalue weighted by Gasteiger charge is 2.13. The summed E-state index contributed by atoms with van der Waals surface area (Å²) in [5.41, 5.74) is 0.879. The van der Waals surface area contributed by atoms with E-state index in [2.05, 4.69) is 26.2 Å². The van der Waals surface area contributed by atoms with E-state index in [4.69, 9.17) is 13.6 Å². The Morgan fingerprint density at radius 2 is 1.92 bits per heavy atom. The van der Waals surface area contributed by atoms with Crippen molar-refractivity contribution in [3.05, 3.63) is 65.0 Å². The molecule has 0 aliphatic carbocycles. The largest absolute Gasteiger partial charge is 0.454 e. The Morgan fingerprint density at radius 3 is 2.64 bits per heavy atom. The van der Waals surface area contributed by atoms with Crippen molar-refractivity contribution in [2.24, 2.45) is 0 Å². The summed E-state index contributed by atoms with van der Waals surface area (Å²) in [4.78, 5) is 27.5. The van der Waals surface area contributed by atoms with Gasteiger partial charge in [-0.05, 0) is 28.1 Å². The van der Waals surface area contributed by atoms with Crippen molar-refractivity contribution in [3.63, 3.8) is 0 Å². The number of hydrogen-bond acceptors (Lipinski definition) is 6. The van der Waals surface area contributed by atoms with Gasteiger partial charge in [0.1, 0.15) is 6.54 Å². The van der Waals surface area contributed by atoms with Gasteiger partial charge in [0, 0.05) is 5.56 Å². The van der Waals surface area contributed by atoms with E-state index in [0.717, 1.165) is 5.56 Å². The maximum absolute atomic E-state index is 11.7. The molecule has 3 aromatic rings. The molecule has 0 aliphatic rings. The Kier molecular flexibility index (Phi) is 5.30. The van der Waals surface area contributed by atoms with Crippen LogP contribution in [-0.2, 0) is 16.1 Å². The molecule has 2 aromatic heterocycles. The second kappa shape index (κ2) is 7.80. The molecule has 25 heavy (non-hydrogen) atoms. The average molecular weight is 405 g/mol. The molecule has 0 spiro atoms. The highest BCUT2D eigenvalue weighted by molar-refractivity contribution is 9.10. The zero-order valence-corrected chi connectivity index (χ0v) is 14.5. The number of nitrogens with one attached hydrogen (secondary N) is 1. The first-order valence-electron chi connectivity index (χ1n) is 7.31. The number of hydrogen-bond donors (Lipinski definition) is 1. The molecular weight excluding hydrogens is 392 g/mol. The van der Waals surface area contributed by atoms with Gasteiger partial charge < -0.3 is 18.9 Å². The molecule has 3 rings (SSSR count). The normalized spacial score (nSPS) is 10.4.